The number of nitrogens with zero attached hydrogens (tertiary/aromatic N) is 2. The highest BCUT2D eigenvalue weighted by Crippen LogP contribution is 2.26. The molecule has 0 N–H and O–H groups in total. The standard InChI is InChI=1S/C23H24FN2O2/c1-28-20-12-8-17(9-13-20)21-15-25(23-5-3-2-4-14-26(21)23)16-22(27)18-6-10-19(24)11-7-18/h6-13,15H,2-5,14,16H2,1H3/q+1. The van der Waals surface area contributed by atoms with Crippen LogP contribution in [0.5, 0.6) is 5.75 Å². The molecular formula is C23H24FN2O2+. The van der Waals surface area contributed by atoms with Gasteiger partial charge in [-0.25, -0.2) is 13.5 Å². The van der Waals surface area contributed by atoms with Gasteiger partial charge < -0.3 is 4.74 Å². The van der Waals surface area contributed by atoms with E-state index < -0.39 is 0 Å². The number of hydrogen-bond acceptors (Lipinski definition) is 2. The number of halogens is 1. The van der Waals surface area contributed by atoms with Gasteiger partial charge in [-0.1, -0.05) is 0 Å². The summed E-state index contributed by atoms with van der Waals surface area (Å²) in [5, 5.41) is 0. The van der Waals surface area contributed by atoms with E-state index in [1.165, 1.54) is 24.4 Å². The molecule has 0 aliphatic carbocycles. The number of Topliss-reactive ketones (excluding diaryl/α,β-unsaturated/α-hetero) is 1. The zero-order valence-electron chi connectivity index (χ0n) is 16.0. The molecule has 4 rings (SSSR count). The lowest BCUT2D eigenvalue weighted by Crippen LogP contribution is -2.40. The van der Waals surface area contributed by atoms with Gasteiger partial charge in [-0.05, 0) is 67.8 Å². The van der Waals surface area contributed by atoms with Gasteiger partial charge in [0.2, 0.25) is 5.78 Å². The average molecular weight is 379 g/mol. The minimum atomic E-state index is -0.330. The van der Waals surface area contributed by atoms with Crippen LogP contribution < -0.4 is 9.30 Å². The van der Waals surface area contributed by atoms with Crippen LogP contribution in [0.2, 0.25) is 0 Å². The van der Waals surface area contributed by atoms with Gasteiger partial charge in [-0.3, -0.25) is 4.79 Å². The van der Waals surface area contributed by atoms with E-state index in [1.54, 1.807) is 19.2 Å². The Bertz CT molecular complexity index is 975. The van der Waals surface area contributed by atoms with Crippen LogP contribution in [-0.2, 0) is 19.5 Å². The van der Waals surface area contributed by atoms with E-state index in [1.807, 2.05) is 12.1 Å². The van der Waals surface area contributed by atoms with Crippen LogP contribution in [0.4, 0.5) is 4.39 Å². The van der Waals surface area contributed by atoms with Gasteiger partial charge in [0.25, 0.3) is 5.82 Å². The number of ketones is 1. The van der Waals surface area contributed by atoms with E-state index >= 15 is 0 Å². The summed E-state index contributed by atoms with van der Waals surface area (Å²) in [7, 11) is 1.66. The quantitative estimate of drug-likeness (QED) is 0.492. The van der Waals surface area contributed by atoms with E-state index in [4.69, 9.17) is 4.74 Å². The molecule has 144 valence electrons. The van der Waals surface area contributed by atoms with E-state index in [0.29, 0.717) is 5.56 Å². The number of rotatable bonds is 5. The summed E-state index contributed by atoms with van der Waals surface area (Å²) < 4.78 is 22.8. The molecule has 2 heterocycles. The number of benzene rings is 2. The average Bonchev–Trinajstić information content (AvgIpc) is 2.89. The predicted molar refractivity (Wildman–Crippen MR) is 105 cm³/mol. The van der Waals surface area contributed by atoms with Crippen molar-refractivity contribution in [1.29, 1.82) is 0 Å². The summed E-state index contributed by atoms with van der Waals surface area (Å²) in [5.41, 5.74) is 2.76. The summed E-state index contributed by atoms with van der Waals surface area (Å²) in [4.78, 5) is 12.8. The molecule has 28 heavy (non-hydrogen) atoms. The fraction of sp³-hybridized carbons (Fsp3) is 0.304. The summed E-state index contributed by atoms with van der Waals surface area (Å²) in [6.45, 7) is 1.21. The molecule has 1 aliphatic heterocycles. The molecule has 0 saturated carbocycles. The third-order valence-electron chi connectivity index (χ3n) is 5.36. The number of methoxy groups -OCH3 is 1. The molecular weight excluding hydrogens is 355 g/mol. The van der Waals surface area contributed by atoms with Gasteiger partial charge in [0.05, 0.1) is 13.7 Å². The van der Waals surface area contributed by atoms with Crippen LogP contribution in [0.3, 0.4) is 0 Å². The second-order valence-electron chi connectivity index (χ2n) is 7.18. The maximum absolute atomic E-state index is 13.2. The number of aromatic nitrogens is 2. The van der Waals surface area contributed by atoms with Crippen molar-refractivity contribution in [2.24, 2.45) is 0 Å². The zero-order valence-corrected chi connectivity index (χ0v) is 16.0. The van der Waals surface area contributed by atoms with E-state index in [2.05, 4.69) is 27.5 Å². The first-order valence-corrected chi connectivity index (χ1v) is 9.71. The van der Waals surface area contributed by atoms with Gasteiger partial charge in [0.15, 0.2) is 12.2 Å². The van der Waals surface area contributed by atoms with Crippen LogP contribution in [0.25, 0.3) is 11.3 Å². The lowest BCUT2D eigenvalue weighted by atomic mass is 10.1. The molecule has 2 aromatic carbocycles. The molecule has 0 spiro atoms. The Labute approximate surface area is 164 Å². The van der Waals surface area contributed by atoms with Crippen LogP contribution in [-0.4, -0.2) is 17.5 Å². The molecule has 0 unspecified atom stereocenters. The lowest BCUT2D eigenvalue weighted by Gasteiger charge is -2.04. The van der Waals surface area contributed by atoms with Crippen molar-refractivity contribution in [3.05, 3.63) is 71.9 Å². The van der Waals surface area contributed by atoms with Crippen LogP contribution in [0, 0.1) is 5.82 Å². The van der Waals surface area contributed by atoms with Crippen molar-refractivity contribution in [1.82, 2.24) is 4.57 Å². The Morgan fingerprint density at radius 3 is 2.54 bits per heavy atom. The fourth-order valence-electron chi connectivity index (χ4n) is 3.85. The largest absolute Gasteiger partial charge is 0.497 e. The molecule has 4 nitrogen and oxygen atoms in total. The maximum atomic E-state index is 13.2. The molecule has 5 heteroatoms. The Morgan fingerprint density at radius 2 is 1.82 bits per heavy atom. The third kappa shape index (κ3) is 3.70. The molecule has 3 aromatic rings. The Hall–Kier alpha value is -2.95. The second-order valence-corrected chi connectivity index (χ2v) is 7.18. The maximum Gasteiger partial charge on any atom is 0.257 e. The Kier molecular flexibility index (Phi) is 5.24. The number of carbonyl (C=O) groups is 1. The topological polar surface area (TPSA) is 35.1 Å². The smallest absolute Gasteiger partial charge is 0.257 e. The van der Waals surface area contributed by atoms with Crippen molar-refractivity contribution in [3.63, 3.8) is 0 Å². The van der Waals surface area contributed by atoms with Gasteiger partial charge in [-0.2, -0.15) is 0 Å². The molecule has 1 aromatic heterocycles. The molecule has 0 atom stereocenters. The van der Waals surface area contributed by atoms with E-state index in [9.17, 15) is 9.18 Å². The normalized spacial score (nSPS) is 13.6. The molecule has 0 bridgehead atoms. The van der Waals surface area contributed by atoms with Crippen LogP contribution in [0.15, 0.2) is 54.7 Å². The first-order valence-electron chi connectivity index (χ1n) is 9.71. The highest BCUT2D eigenvalue weighted by atomic mass is 19.1. The number of imidazole rings is 1. The molecule has 0 amide bonds. The van der Waals surface area contributed by atoms with Gasteiger partial charge >= 0.3 is 0 Å². The van der Waals surface area contributed by atoms with Crippen LogP contribution >= 0.6 is 0 Å². The summed E-state index contributed by atoms with van der Waals surface area (Å²) >= 11 is 0. The molecule has 0 fully saturated rings. The number of carbonyl (C=O) groups excluding carboxylic acids is 1. The van der Waals surface area contributed by atoms with Crippen molar-refractivity contribution in [3.8, 4) is 17.0 Å². The van der Waals surface area contributed by atoms with Gasteiger partial charge in [-0.15, -0.1) is 0 Å². The number of hydrogen-bond donors (Lipinski definition) is 0. The van der Waals surface area contributed by atoms with Crippen molar-refractivity contribution in [2.75, 3.05) is 7.11 Å². The summed E-state index contributed by atoms with van der Waals surface area (Å²) in [6.07, 6.45) is 6.47. The molecule has 0 saturated heterocycles. The van der Waals surface area contributed by atoms with E-state index in [-0.39, 0.29) is 18.1 Å². The van der Waals surface area contributed by atoms with Crippen molar-refractivity contribution < 1.29 is 18.5 Å². The second kappa shape index (κ2) is 7.97. The summed E-state index contributed by atoms with van der Waals surface area (Å²) in [5.74, 6) is 1.66. The molecule has 1 aliphatic rings. The minimum absolute atomic E-state index is 0.0103. The monoisotopic (exact) mass is 379 g/mol. The fourth-order valence-corrected chi connectivity index (χ4v) is 3.85. The van der Waals surface area contributed by atoms with Crippen molar-refractivity contribution in [2.45, 2.75) is 38.8 Å². The lowest BCUT2D eigenvalue weighted by molar-refractivity contribution is -0.690. The highest BCUT2D eigenvalue weighted by molar-refractivity contribution is 5.95. The third-order valence-corrected chi connectivity index (χ3v) is 5.36. The predicted octanol–water partition coefficient (Wildman–Crippen LogP) is 4.20. The first kappa shape index (κ1) is 18.4. The number of ether oxygens (including phenoxy) is 1. The van der Waals surface area contributed by atoms with Crippen molar-refractivity contribution >= 4 is 5.78 Å². The Balaban J connectivity index is 1.69. The number of fused-ring (bicyclic) bond motifs is 1. The van der Waals surface area contributed by atoms with E-state index in [0.717, 1.165) is 42.8 Å². The molecule has 0 radical (unpaired) electrons. The summed E-state index contributed by atoms with van der Waals surface area (Å²) in [6, 6.07) is 13.8. The minimum Gasteiger partial charge on any atom is -0.497 e. The van der Waals surface area contributed by atoms with Gasteiger partial charge in [0.1, 0.15) is 17.8 Å². The highest BCUT2D eigenvalue weighted by Gasteiger charge is 2.27. The van der Waals surface area contributed by atoms with Gasteiger partial charge in [0, 0.05) is 17.5 Å². The SMILES string of the molecule is COc1ccc(-c2c[n+](CC(=O)c3ccc(F)cc3)c3n2CCCCC3)cc1. The zero-order chi connectivity index (χ0) is 19.5. The van der Waals surface area contributed by atoms with Crippen LogP contribution in [0.1, 0.15) is 35.4 Å². The first-order chi connectivity index (χ1) is 13.7. The Morgan fingerprint density at radius 1 is 1.07 bits per heavy atom.